The monoisotopic (exact) mass is 412 g/mol. The van der Waals surface area contributed by atoms with Gasteiger partial charge in [-0.1, -0.05) is 35.9 Å². The highest BCUT2D eigenvalue weighted by molar-refractivity contribution is 6.30. The second kappa shape index (κ2) is 8.27. The molecule has 2 aliphatic heterocycles. The summed E-state index contributed by atoms with van der Waals surface area (Å²) in [6.07, 6.45) is 3.07. The number of likely N-dealkylation sites (tertiary alicyclic amines) is 1. The van der Waals surface area contributed by atoms with Crippen LogP contribution in [-0.4, -0.2) is 52.9 Å². The maximum absolute atomic E-state index is 12.4. The fourth-order valence-electron chi connectivity index (χ4n) is 4.24. The summed E-state index contributed by atoms with van der Waals surface area (Å²) < 4.78 is 0. The van der Waals surface area contributed by atoms with E-state index in [0.29, 0.717) is 35.5 Å². The van der Waals surface area contributed by atoms with Crippen LogP contribution in [0.5, 0.6) is 0 Å². The summed E-state index contributed by atoms with van der Waals surface area (Å²) in [6.45, 7) is 3.01. The number of rotatable bonds is 6. The molecular weight excluding hydrogens is 388 g/mol. The van der Waals surface area contributed by atoms with E-state index in [1.807, 2.05) is 24.3 Å². The Morgan fingerprint density at radius 1 is 0.862 bits per heavy atom. The number of unbranched alkanes of at least 4 members (excludes halogenated alkanes) is 1. The highest BCUT2D eigenvalue weighted by Gasteiger charge is 2.35. The molecule has 0 unspecified atom stereocenters. The molecule has 0 bridgehead atoms. The van der Waals surface area contributed by atoms with Gasteiger partial charge in [-0.3, -0.25) is 14.5 Å². The molecule has 2 aromatic rings. The van der Waals surface area contributed by atoms with E-state index in [9.17, 15) is 14.7 Å². The summed E-state index contributed by atoms with van der Waals surface area (Å²) in [6, 6.07) is 14.4. The van der Waals surface area contributed by atoms with Gasteiger partial charge in [-0.2, -0.15) is 0 Å². The molecule has 2 aromatic carbocycles. The van der Waals surface area contributed by atoms with Gasteiger partial charge in [0.2, 0.25) is 0 Å². The number of benzene rings is 2. The molecule has 152 valence electrons. The molecule has 0 radical (unpaired) electrons. The Labute approximate surface area is 175 Å². The number of carbonyl (C=O) groups is 2. The Bertz CT molecular complexity index is 870. The summed E-state index contributed by atoms with van der Waals surface area (Å²) in [5.41, 5.74) is 1.15. The van der Waals surface area contributed by atoms with Crippen LogP contribution in [0.1, 0.15) is 52.0 Å². The third-order valence-electron chi connectivity index (χ3n) is 6.05. The Morgan fingerprint density at radius 2 is 1.41 bits per heavy atom. The highest BCUT2D eigenvalue weighted by atomic mass is 35.5. The van der Waals surface area contributed by atoms with Crippen molar-refractivity contribution in [2.45, 2.75) is 31.3 Å². The fraction of sp³-hybridized carbons (Fsp3) is 0.391. The van der Waals surface area contributed by atoms with Gasteiger partial charge in [-0.05, 0) is 62.1 Å². The number of carbonyl (C=O) groups excluding carboxylic acids is 2. The maximum atomic E-state index is 12.4. The molecule has 2 aliphatic rings. The van der Waals surface area contributed by atoms with Gasteiger partial charge >= 0.3 is 0 Å². The Balaban J connectivity index is 1.22. The fourth-order valence-corrected chi connectivity index (χ4v) is 4.37. The zero-order valence-electron chi connectivity index (χ0n) is 16.3. The lowest BCUT2D eigenvalue weighted by molar-refractivity contribution is -0.0261. The van der Waals surface area contributed by atoms with Crippen LogP contribution in [0.4, 0.5) is 0 Å². The first kappa shape index (κ1) is 20.1. The summed E-state index contributed by atoms with van der Waals surface area (Å²) in [5, 5.41) is 11.6. The van der Waals surface area contributed by atoms with Crippen LogP contribution in [-0.2, 0) is 5.60 Å². The minimum atomic E-state index is -0.790. The summed E-state index contributed by atoms with van der Waals surface area (Å²) in [7, 11) is 0. The zero-order valence-corrected chi connectivity index (χ0v) is 17.1. The molecule has 0 aliphatic carbocycles. The number of piperidine rings is 1. The van der Waals surface area contributed by atoms with Crippen molar-refractivity contribution in [2.24, 2.45) is 0 Å². The lowest BCUT2D eigenvalue weighted by Crippen LogP contribution is -2.43. The molecule has 29 heavy (non-hydrogen) atoms. The molecule has 2 heterocycles. The van der Waals surface area contributed by atoms with Gasteiger partial charge in [0.05, 0.1) is 16.7 Å². The molecule has 4 rings (SSSR count). The van der Waals surface area contributed by atoms with E-state index in [1.165, 1.54) is 4.90 Å². The van der Waals surface area contributed by atoms with E-state index in [2.05, 4.69) is 4.90 Å². The van der Waals surface area contributed by atoms with Crippen LogP contribution in [0.15, 0.2) is 48.5 Å². The van der Waals surface area contributed by atoms with Crippen LogP contribution in [0.3, 0.4) is 0 Å². The van der Waals surface area contributed by atoms with Gasteiger partial charge in [0, 0.05) is 24.7 Å². The second-order valence-electron chi connectivity index (χ2n) is 7.89. The first-order valence-electron chi connectivity index (χ1n) is 10.1. The molecule has 0 spiro atoms. The van der Waals surface area contributed by atoms with Crippen molar-refractivity contribution in [2.75, 3.05) is 26.2 Å². The Morgan fingerprint density at radius 3 is 2.00 bits per heavy atom. The van der Waals surface area contributed by atoms with E-state index < -0.39 is 5.60 Å². The molecule has 1 saturated heterocycles. The zero-order chi connectivity index (χ0) is 20.4. The molecule has 5 nitrogen and oxygen atoms in total. The largest absolute Gasteiger partial charge is 0.385 e. The molecule has 0 aromatic heterocycles. The van der Waals surface area contributed by atoms with Crippen molar-refractivity contribution in [1.82, 2.24) is 9.80 Å². The smallest absolute Gasteiger partial charge is 0.261 e. The maximum Gasteiger partial charge on any atom is 0.261 e. The summed E-state index contributed by atoms with van der Waals surface area (Å²) in [5.74, 6) is -0.367. The molecular formula is C23H25ClN2O3. The van der Waals surface area contributed by atoms with Gasteiger partial charge in [0.1, 0.15) is 0 Å². The minimum absolute atomic E-state index is 0.184. The van der Waals surface area contributed by atoms with E-state index in [0.717, 1.165) is 38.0 Å². The van der Waals surface area contributed by atoms with E-state index in [-0.39, 0.29) is 11.8 Å². The number of halogens is 1. The van der Waals surface area contributed by atoms with Crippen LogP contribution < -0.4 is 0 Å². The number of hydrogen-bond acceptors (Lipinski definition) is 4. The van der Waals surface area contributed by atoms with E-state index >= 15 is 0 Å². The summed E-state index contributed by atoms with van der Waals surface area (Å²) >= 11 is 5.95. The lowest BCUT2D eigenvalue weighted by atomic mass is 9.84. The first-order valence-corrected chi connectivity index (χ1v) is 10.5. The first-order chi connectivity index (χ1) is 14.0. The van der Waals surface area contributed by atoms with E-state index in [1.54, 1.807) is 24.3 Å². The van der Waals surface area contributed by atoms with Crippen molar-refractivity contribution in [3.63, 3.8) is 0 Å². The molecule has 1 fully saturated rings. The van der Waals surface area contributed by atoms with Crippen molar-refractivity contribution in [1.29, 1.82) is 0 Å². The minimum Gasteiger partial charge on any atom is -0.385 e. The average molecular weight is 413 g/mol. The number of imide groups is 1. The van der Waals surface area contributed by atoms with Crippen LogP contribution in [0.25, 0.3) is 0 Å². The Hall–Kier alpha value is -2.21. The van der Waals surface area contributed by atoms with Crippen molar-refractivity contribution < 1.29 is 14.7 Å². The van der Waals surface area contributed by atoms with Gasteiger partial charge in [0.15, 0.2) is 0 Å². The standard InChI is InChI=1S/C23H25ClN2O3/c24-18-9-7-17(8-10-18)23(29)11-15-25(16-12-23)13-3-4-14-26-21(27)19-5-1-2-6-20(19)22(26)28/h1-2,5-10,29H,3-4,11-16H2. The molecule has 0 atom stereocenters. The van der Waals surface area contributed by atoms with Crippen LogP contribution >= 0.6 is 11.6 Å². The number of amides is 2. The average Bonchev–Trinajstić information content (AvgIpc) is 2.98. The van der Waals surface area contributed by atoms with Gasteiger partial charge in [-0.25, -0.2) is 0 Å². The quantitative estimate of drug-likeness (QED) is 0.580. The van der Waals surface area contributed by atoms with Crippen molar-refractivity contribution in [3.05, 3.63) is 70.2 Å². The number of aliphatic hydroxyl groups is 1. The Kier molecular flexibility index (Phi) is 5.72. The highest BCUT2D eigenvalue weighted by Crippen LogP contribution is 2.33. The third-order valence-corrected chi connectivity index (χ3v) is 6.30. The summed E-state index contributed by atoms with van der Waals surface area (Å²) in [4.78, 5) is 28.5. The van der Waals surface area contributed by atoms with Crippen molar-refractivity contribution >= 4 is 23.4 Å². The van der Waals surface area contributed by atoms with Gasteiger partial charge in [0.25, 0.3) is 11.8 Å². The molecule has 0 saturated carbocycles. The molecule has 2 amide bonds. The predicted molar refractivity (Wildman–Crippen MR) is 112 cm³/mol. The predicted octanol–water partition coefficient (Wildman–Crippen LogP) is 3.70. The topological polar surface area (TPSA) is 60.9 Å². The number of fused-ring (bicyclic) bond motifs is 1. The number of nitrogens with zero attached hydrogens (tertiary/aromatic N) is 2. The van der Waals surface area contributed by atoms with Crippen LogP contribution in [0.2, 0.25) is 5.02 Å². The SMILES string of the molecule is O=C1c2ccccc2C(=O)N1CCCCN1CCC(O)(c2ccc(Cl)cc2)CC1. The van der Waals surface area contributed by atoms with Crippen molar-refractivity contribution in [3.8, 4) is 0 Å². The second-order valence-corrected chi connectivity index (χ2v) is 8.33. The van der Waals surface area contributed by atoms with Crippen LogP contribution in [0, 0.1) is 0 Å². The lowest BCUT2D eigenvalue weighted by Gasteiger charge is -2.38. The van der Waals surface area contributed by atoms with Gasteiger partial charge in [-0.15, -0.1) is 0 Å². The third kappa shape index (κ3) is 4.08. The normalized spacial score (nSPS) is 18.9. The van der Waals surface area contributed by atoms with E-state index in [4.69, 9.17) is 11.6 Å². The molecule has 1 N–H and O–H groups in total. The van der Waals surface area contributed by atoms with Gasteiger partial charge < -0.3 is 10.0 Å². The number of hydrogen-bond donors (Lipinski definition) is 1. The molecule has 6 heteroatoms.